The Balaban J connectivity index is 2.46. The van der Waals surface area contributed by atoms with Gasteiger partial charge in [0, 0.05) is 10.9 Å². The first-order chi connectivity index (χ1) is 8.31. The van der Waals surface area contributed by atoms with Crippen molar-refractivity contribution >= 4 is 11.3 Å². The van der Waals surface area contributed by atoms with E-state index in [1.165, 1.54) is 24.3 Å². The largest absolute Gasteiger partial charge is 0.309 e. The Morgan fingerprint density at radius 2 is 2.06 bits per heavy atom. The standard InChI is InChI=1S/C14H26N2S/c1-4-10-15-13(14-8-7-12-17-14)9-11-16(5-2)6-3/h7-8,12-13,15H,4-6,9-11H2,1-3H3. The second-order valence-electron chi connectivity index (χ2n) is 4.34. The smallest absolute Gasteiger partial charge is 0.0427 e. The van der Waals surface area contributed by atoms with Gasteiger partial charge in [-0.3, -0.25) is 0 Å². The van der Waals surface area contributed by atoms with Crippen LogP contribution in [0.4, 0.5) is 0 Å². The molecule has 0 fully saturated rings. The quantitative estimate of drug-likeness (QED) is 0.725. The predicted octanol–water partition coefficient (Wildman–Crippen LogP) is 3.52. The molecule has 1 heterocycles. The molecule has 0 radical (unpaired) electrons. The van der Waals surface area contributed by atoms with E-state index in [0.29, 0.717) is 6.04 Å². The lowest BCUT2D eigenvalue weighted by Gasteiger charge is -2.23. The lowest BCUT2D eigenvalue weighted by atomic mass is 10.1. The van der Waals surface area contributed by atoms with Gasteiger partial charge in [-0.1, -0.05) is 26.8 Å². The molecule has 98 valence electrons. The molecule has 1 rings (SSSR count). The molecule has 0 aliphatic rings. The zero-order chi connectivity index (χ0) is 12.5. The summed E-state index contributed by atoms with van der Waals surface area (Å²) in [7, 11) is 0. The molecule has 1 unspecified atom stereocenters. The maximum Gasteiger partial charge on any atom is 0.0427 e. The van der Waals surface area contributed by atoms with Crippen LogP contribution in [0, 0.1) is 0 Å². The third-order valence-electron chi connectivity index (χ3n) is 3.16. The van der Waals surface area contributed by atoms with Crippen LogP contribution in [0.25, 0.3) is 0 Å². The van der Waals surface area contributed by atoms with E-state index in [2.05, 4.69) is 48.5 Å². The van der Waals surface area contributed by atoms with Crippen LogP contribution >= 0.6 is 11.3 Å². The molecule has 0 spiro atoms. The third-order valence-corrected chi connectivity index (χ3v) is 4.14. The van der Waals surface area contributed by atoms with Gasteiger partial charge in [-0.25, -0.2) is 0 Å². The maximum atomic E-state index is 3.66. The van der Waals surface area contributed by atoms with Crippen molar-refractivity contribution in [3.63, 3.8) is 0 Å². The molecule has 0 aliphatic heterocycles. The minimum Gasteiger partial charge on any atom is -0.309 e. The van der Waals surface area contributed by atoms with E-state index in [1.807, 2.05) is 11.3 Å². The number of nitrogens with zero attached hydrogens (tertiary/aromatic N) is 1. The van der Waals surface area contributed by atoms with E-state index in [-0.39, 0.29) is 0 Å². The van der Waals surface area contributed by atoms with E-state index < -0.39 is 0 Å². The maximum absolute atomic E-state index is 3.66. The molecule has 2 nitrogen and oxygen atoms in total. The molecular weight excluding hydrogens is 228 g/mol. The summed E-state index contributed by atoms with van der Waals surface area (Å²) in [6.45, 7) is 11.3. The number of hydrogen-bond donors (Lipinski definition) is 1. The SMILES string of the molecule is CCCNC(CCN(CC)CC)c1cccs1. The summed E-state index contributed by atoms with van der Waals surface area (Å²) in [5, 5.41) is 5.83. The van der Waals surface area contributed by atoms with Gasteiger partial charge < -0.3 is 10.2 Å². The van der Waals surface area contributed by atoms with Crippen molar-refractivity contribution in [1.29, 1.82) is 0 Å². The Labute approximate surface area is 110 Å². The average Bonchev–Trinajstić information content (AvgIpc) is 2.87. The lowest BCUT2D eigenvalue weighted by molar-refractivity contribution is 0.282. The fourth-order valence-corrected chi connectivity index (χ4v) is 2.84. The summed E-state index contributed by atoms with van der Waals surface area (Å²) < 4.78 is 0. The Kier molecular flexibility index (Phi) is 7.49. The van der Waals surface area contributed by atoms with Crippen molar-refractivity contribution in [2.75, 3.05) is 26.2 Å². The van der Waals surface area contributed by atoms with Gasteiger partial charge in [-0.2, -0.15) is 0 Å². The third kappa shape index (κ3) is 5.19. The highest BCUT2D eigenvalue weighted by Crippen LogP contribution is 2.22. The molecule has 0 aromatic carbocycles. The molecule has 0 saturated heterocycles. The van der Waals surface area contributed by atoms with Gasteiger partial charge in [0.05, 0.1) is 0 Å². The van der Waals surface area contributed by atoms with Crippen molar-refractivity contribution in [3.05, 3.63) is 22.4 Å². The summed E-state index contributed by atoms with van der Waals surface area (Å²) in [5.74, 6) is 0. The normalized spacial score (nSPS) is 13.2. The molecule has 1 atom stereocenters. The predicted molar refractivity (Wildman–Crippen MR) is 77.8 cm³/mol. The van der Waals surface area contributed by atoms with Crippen molar-refractivity contribution in [2.24, 2.45) is 0 Å². The Morgan fingerprint density at radius 3 is 2.59 bits per heavy atom. The van der Waals surface area contributed by atoms with Gasteiger partial charge in [-0.05, 0) is 50.5 Å². The molecular formula is C14H26N2S. The molecule has 1 aromatic heterocycles. The van der Waals surface area contributed by atoms with Crippen LogP contribution in [-0.4, -0.2) is 31.1 Å². The second-order valence-corrected chi connectivity index (χ2v) is 5.32. The Morgan fingerprint density at radius 1 is 1.29 bits per heavy atom. The van der Waals surface area contributed by atoms with Crippen LogP contribution in [0.3, 0.4) is 0 Å². The molecule has 3 heteroatoms. The number of rotatable bonds is 9. The van der Waals surface area contributed by atoms with E-state index in [4.69, 9.17) is 0 Å². The Bertz CT molecular complexity index is 268. The van der Waals surface area contributed by atoms with Crippen molar-refractivity contribution in [1.82, 2.24) is 10.2 Å². The molecule has 1 aromatic rings. The summed E-state index contributed by atoms with van der Waals surface area (Å²) in [6, 6.07) is 4.94. The van der Waals surface area contributed by atoms with Crippen molar-refractivity contribution < 1.29 is 0 Å². The van der Waals surface area contributed by atoms with Crippen molar-refractivity contribution in [3.8, 4) is 0 Å². The van der Waals surface area contributed by atoms with E-state index >= 15 is 0 Å². The van der Waals surface area contributed by atoms with Gasteiger partial charge >= 0.3 is 0 Å². The van der Waals surface area contributed by atoms with Gasteiger partial charge in [-0.15, -0.1) is 11.3 Å². The van der Waals surface area contributed by atoms with Gasteiger partial charge in [0.15, 0.2) is 0 Å². The van der Waals surface area contributed by atoms with Crippen LogP contribution in [0.5, 0.6) is 0 Å². The minimum atomic E-state index is 0.538. The number of hydrogen-bond acceptors (Lipinski definition) is 3. The van der Waals surface area contributed by atoms with Crippen LogP contribution in [0.1, 0.15) is 44.5 Å². The molecule has 0 aliphatic carbocycles. The fourth-order valence-electron chi connectivity index (χ4n) is 2.00. The molecule has 0 bridgehead atoms. The zero-order valence-electron chi connectivity index (χ0n) is 11.4. The van der Waals surface area contributed by atoms with Gasteiger partial charge in [0.25, 0.3) is 0 Å². The van der Waals surface area contributed by atoms with Crippen molar-refractivity contribution in [2.45, 2.75) is 39.7 Å². The van der Waals surface area contributed by atoms with Crippen LogP contribution in [-0.2, 0) is 0 Å². The van der Waals surface area contributed by atoms with Gasteiger partial charge in [0.1, 0.15) is 0 Å². The summed E-state index contributed by atoms with van der Waals surface area (Å²) in [4.78, 5) is 3.97. The first-order valence-corrected chi connectivity index (χ1v) is 7.68. The van der Waals surface area contributed by atoms with E-state index in [0.717, 1.165) is 19.6 Å². The van der Waals surface area contributed by atoms with E-state index in [1.54, 1.807) is 0 Å². The first-order valence-electron chi connectivity index (χ1n) is 6.80. The monoisotopic (exact) mass is 254 g/mol. The average molecular weight is 254 g/mol. The minimum absolute atomic E-state index is 0.538. The molecule has 0 amide bonds. The fraction of sp³-hybridized carbons (Fsp3) is 0.714. The van der Waals surface area contributed by atoms with E-state index in [9.17, 15) is 0 Å². The van der Waals surface area contributed by atoms with Crippen LogP contribution in [0.15, 0.2) is 17.5 Å². The zero-order valence-corrected chi connectivity index (χ0v) is 12.2. The van der Waals surface area contributed by atoms with Gasteiger partial charge in [0.2, 0.25) is 0 Å². The molecule has 17 heavy (non-hydrogen) atoms. The molecule has 1 N–H and O–H groups in total. The van der Waals surface area contributed by atoms with Crippen LogP contribution < -0.4 is 5.32 Å². The molecule has 0 saturated carbocycles. The topological polar surface area (TPSA) is 15.3 Å². The highest BCUT2D eigenvalue weighted by Gasteiger charge is 2.12. The second kappa shape index (κ2) is 8.67. The number of nitrogens with one attached hydrogen (secondary N) is 1. The summed E-state index contributed by atoms with van der Waals surface area (Å²) in [6.07, 6.45) is 2.41. The highest BCUT2D eigenvalue weighted by molar-refractivity contribution is 7.10. The highest BCUT2D eigenvalue weighted by atomic mass is 32.1. The Hall–Kier alpha value is -0.380. The summed E-state index contributed by atoms with van der Waals surface area (Å²) >= 11 is 1.87. The lowest BCUT2D eigenvalue weighted by Crippen LogP contribution is -2.29. The first kappa shape index (κ1) is 14.7. The van der Waals surface area contributed by atoms with Crippen LogP contribution in [0.2, 0.25) is 0 Å². The number of thiophene rings is 1. The summed E-state index contributed by atoms with van der Waals surface area (Å²) in [5.41, 5.74) is 0.